The van der Waals surface area contributed by atoms with Crippen LogP contribution < -0.4 is 11.1 Å². The van der Waals surface area contributed by atoms with Gasteiger partial charge in [0, 0.05) is 19.1 Å². The van der Waals surface area contributed by atoms with Gasteiger partial charge < -0.3 is 11.1 Å². The van der Waals surface area contributed by atoms with Crippen molar-refractivity contribution >= 4 is 0 Å². The molecule has 0 aromatic rings. The molecule has 3 N–H and O–H groups in total. The van der Waals surface area contributed by atoms with Crippen LogP contribution in [0.15, 0.2) is 12.2 Å². The van der Waals surface area contributed by atoms with Gasteiger partial charge in [0.1, 0.15) is 0 Å². The first-order valence-electron chi connectivity index (χ1n) is 16.3. The molecule has 4 saturated carbocycles. The van der Waals surface area contributed by atoms with Gasteiger partial charge in [-0.3, -0.25) is 0 Å². The van der Waals surface area contributed by atoms with Gasteiger partial charge >= 0.3 is 0 Å². The zero-order chi connectivity index (χ0) is 27.1. The Bertz CT molecular complexity index is 672. The Labute approximate surface area is 227 Å². The van der Waals surface area contributed by atoms with Gasteiger partial charge in [-0.05, 0) is 123 Å². The second-order valence-corrected chi connectivity index (χ2v) is 13.3. The summed E-state index contributed by atoms with van der Waals surface area (Å²) in [5, 5.41) is 3.79. The van der Waals surface area contributed by atoms with Crippen molar-refractivity contribution in [2.45, 2.75) is 145 Å². The van der Waals surface area contributed by atoms with E-state index in [1.807, 2.05) is 27.7 Å². The molecule has 0 spiro atoms. The van der Waals surface area contributed by atoms with Crippen molar-refractivity contribution in [2.24, 2.45) is 51.6 Å². The van der Waals surface area contributed by atoms with E-state index in [4.69, 9.17) is 5.73 Å². The zero-order valence-electron chi connectivity index (χ0n) is 26.1. The smallest absolute Gasteiger partial charge is 0.00770 e. The van der Waals surface area contributed by atoms with Gasteiger partial charge in [-0.1, -0.05) is 74.5 Å². The predicted octanol–water partition coefficient (Wildman–Crippen LogP) is 9.39. The van der Waals surface area contributed by atoms with Crippen LogP contribution in [0.4, 0.5) is 0 Å². The standard InChI is InChI=1S/C30H54N2.2C2H6/c1-7-21(2)9-8-10-23-11-12-26-25-19-22(3)30(6)20-24(32-18-17-31)13-16-29(30,5)27(25)14-15-28(23,26)4;2*1-2/h22-27,32H,2,7-20,31H2,1,3-6H3;2*1-2H3/t22?,23?,24?,25?,26?,27?,28?,29?,30-;;/m1../s1. The van der Waals surface area contributed by atoms with Crippen LogP contribution in [0.25, 0.3) is 0 Å². The van der Waals surface area contributed by atoms with Gasteiger partial charge in [0.05, 0.1) is 0 Å². The second kappa shape index (κ2) is 13.6. The average Bonchev–Trinajstić information content (AvgIpc) is 3.23. The number of nitrogens with two attached hydrogens (primary N) is 1. The minimum atomic E-state index is 0.477. The third-order valence-corrected chi connectivity index (χ3v) is 12.3. The van der Waals surface area contributed by atoms with E-state index in [1.165, 1.54) is 76.2 Å². The minimum Gasteiger partial charge on any atom is -0.329 e. The summed E-state index contributed by atoms with van der Waals surface area (Å²) < 4.78 is 0. The number of rotatable bonds is 8. The Hall–Kier alpha value is -0.340. The number of fused-ring (bicyclic) bond motifs is 5. The highest BCUT2D eigenvalue weighted by Gasteiger charge is 2.64. The topological polar surface area (TPSA) is 38.0 Å². The molecule has 4 fully saturated rings. The van der Waals surface area contributed by atoms with Gasteiger partial charge in [0.15, 0.2) is 0 Å². The molecule has 0 heterocycles. The van der Waals surface area contributed by atoms with Crippen molar-refractivity contribution in [1.82, 2.24) is 5.32 Å². The molecular formula is C34H66N2. The molecule has 0 aromatic carbocycles. The molecule has 0 bridgehead atoms. The monoisotopic (exact) mass is 503 g/mol. The summed E-state index contributed by atoms with van der Waals surface area (Å²) in [6, 6.07) is 0.679. The number of hydrogen-bond acceptors (Lipinski definition) is 2. The van der Waals surface area contributed by atoms with Crippen LogP contribution in [0.2, 0.25) is 0 Å². The fraction of sp³-hybridized carbons (Fsp3) is 0.941. The van der Waals surface area contributed by atoms with Crippen molar-refractivity contribution in [2.75, 3.05) is 13.1 Å². The summed E-state index contributed by atoms with van der Waals surface area (Å²) in [6.45, 7) is 27.0. The Morgan fingerprint density at radius 3 is 2.28 bits per heavy atom. The third-order valence-electron chi connectivity index (χ3n) is 12.3. The van der Waals surface area contributed by atoms with Gasteiger partial charge in [0.25, 0.3) is 0 Å². The molecule has 0 amide bonds. The number of nitrogens with one attached hydrogen (secondary N) is 1. The molecule has 4 rings (SSSR count). The van der Waals surface area contributed by atoms with Crippen molar-refractivity contribution in [3.8, 4) is 0 Å². The van der Waals surface area contributed by atoms with Crippen molar-refractivity contribution in [3.05, 3.63) is 12.2 Å². The predicted molar refractivity (Wildman–Crippen MR) is 161 cm³/mol. The van der Waals surface area contributed by atoms with E-state index in [-0.39, 0.29) is 0 Å². The molecular weight excluding hydrogens is 436 g/mol. The van der Waals surface area contributed by atoms with E-state index in [2.05, 4.69) is 46.5 Å². The highest BCUT2D eigenvalue weighted by Crippen LogP contribution is 2.72. The van der Waals surface area contributed by atoms with Crippen molar-refractivity contribution in [1.29, 1.82) is 0 Å². The molecule has 0 aliphatic heterocycles. The summed E-state index contributed by atoms with van der Waals surface area (Å²) in [4.78, 5) is 0. The maximum Gasteiger partial charge on any atom is 0.00770 e. The fourth-order valence-corrected chi connectivity index (χ4v) is 9.88. The first-order chi connectivity index (χ1) is 17.2. The molecule has 0 aromatic heterocycles. The Morgan fingerprint density at radius 2 is 1.64 bits per heavy atom. The SMILES string of the molecule is C=C(CC)CCCC1CCC2C3CC(C)[C@@]4(C)CC(NCCN)CCC4(C)C3CCC12C.CC.CC. The van der Waals surface area contributed by atoms with E-state index in [0.717, 1.165) is 49.1 Å². The normalized spacial score (nSPS) is 43.1. The Morgan fingerprint density at radius 1 is 0.944 bits per heavy atom. The molecule has 4 aliphatic carbocycles. The molecule has 8 unspecified atom stereocenters. The number of hydrogen-bond donors (Lipinski definition) is 2. The van der Waals surface area contributed by atoms with Gasteiger partial charge in [0.2, 0.25) is 0 Å². The highest BCUT2D eigenvalue weighted by atomic mass is 14.9. The van der Waals surface area contributed by atoms with E-state index in [9.17, 15) is 0 Å². The lowest BCUT2D eigenvalue weighted by Gasteiger charge is -2.67. The van der Waals surface area contributed by atoms with Crippen LogP contribution in [0.5, 0.6) is 0 Å². The van der Waals surface area contributed by atoms with Crippen LogP contribution in [0, 0.1) is 45.8 Å². The quantitative estimate of drug-likeness (QED) is 0.324. The lowest BCUT2D eigenvalue weighted by atomic mass is 9.38. The third kappa shape index (κ3) is 5.80. The summed E-state index contributed by atoms with van der Waals surface area (Å²) in [6.07, 6.45) is 16.9. The van der Waals surface area contributed by atoms with Gasteiger partial charge in [-0.15, -0.1) is 0 Å². The van der Waals surface area contributed by atoms with E-state index < -0.39 is 0 Å². The molecule has 36 heavy (non-hydrogen) atoms. The largest absolute Gasteiger partial charge is 0.329 e. The molecule has 0 radical (unpaired) electrons. The summed E-state index contributed by atoms with van der Waals surface area (Å²) >= 11 is 0. The molecule has 2 nitrogen and oxygen atoms in total. The van der Waals surface area contributed by atoms with E-state index >= 15 is 0 Å². The lowest BCUT2D eigenvalue weighted by molar-refractivity contribution is -0.182. The summed E-state index contributed by atoms with van der Waals surface area (Å²) in [7, 11) is 0. The maximum absolute atomic E-state index is 5.81. The molecule has 2 heteroatoms. The first-order valence-corrected chi connectivity index (χ1v) is 16.3. The molecule has 9 atom stereocenters. The zero-order valence-corrected chi connectivity index (χ0v) is 26.1. The maximum atomic E-state index is 5.81. The van der Waals surface area contributed by atoms with Gasteiger partial charge in [-0.25, -0.2) is 0 Å². The van der Waals surface area contributed by atoms with Crippen LogP contribution in [-0.4, -0.2) is 19.1 Å². The highest BCUT2D eigenvalue weighted by molar-refractivity contribution is 5.14. The first kappa shape index (κ1) is 31.9. The van der Waals surface area contributed by atoms with E-state index in [0.29, 0.717) is 22.3 Å². The van der Waals surface area contributed by atoms with E-state index in [1.54, 1.807) is 0 Å². The molecule has 4 aliphatic rings. The Balaban J connectivity index is 0.00000109. The molecule has 0 saturated heterocycles. The molecule has 212 valence electrons. The van der Waals surface area contributed by atoms with Crippen molar-refractivity contribution in [3.63, 3.8) is 0 Å². The summed E-state index contributed by atoms with van der Waals surface area (Å²) in [5.74, 6) is 4.72. The second-order valence-electron chi connectivity index (χ2n) is 13.3. The van der Waals surface area contributed by atoms with Crippen LogP contribution in [-0.2, 0) is 0 Å². The lowest BCUT2D eigenvalue weighted by Crippen LogP contribution is -2.62. The van der Waals surface area contributed by atoms with Crippen LogP contribution in [0.1, 0.15) is 139 Å². The van der Waals surface area contributed by atoms with Crippen LogP contribution in [0.3, 0.4) is 0 Å². The van der Waals surface area contributed by atoms with Crippen molar-refractivity contribution < 1.29 is 0 Å². The Kier molecular flexibility index (Phi) is 12.1. The fourth-order valence-electron chi connectivity index (χ4n) is 9.88. The van der Waals surface area contributed by atoms with Crippen LogP contribution >= 0.6 is 0 Å². The number of allylic oxidation sites excluding steroid dienone is 1. The minimum absolute atomic E-state index is 0.477. The van der Waals surface area contributed by atoms with Gasteiger partial charge in [-0.2, -0.15) is 0 Å². The summed E-state index contributed by atoms with van der Waals surface area (Å²) in [5.41, 5.74) is 8.88. The average molecular weight is 503 g/mol.